The Bertz CT molecular complexity index is 1990. The average molecular weight is 863 g/mol. The van der Waals surface area contributed by atoms with Crippen LogP contribution in [0.1, 0.15) is 94.0 Å². The molecule has 0 atom stereocenters. The number of aromatic hydroxyl groups is 1. The first-order chi connectivity index (χ1) is 25.6. The topological polar surface area (TPSA) is 217 Å². The van der Waals surface area contributed by atoms with Crippen molar-refractivity contribution in [1.29, 1.82) is 0 Å². The quantitative estimate of drug-likeness (QED) is 0.0770. The lowest BCUT2D eigenvalue weighted by molar-refractivity contribution is 0.0516. The smallest absolute Gasteiger partial charge is 0.488 e. The molecule has 3 aromatic rings. The number of hydrogen-bond acceptors (Lipinski definition) is 14. The van der Waals surface area contributed by atoms with Gasteiger partial charge >= 0.3 is 39.0 Å². The predicted molar refractivity (Wildman–Crippen MR) is 214 cm³/mol. The Balaban J connectivity index is -0.000000216. The zero-order valence-corrected chi connectivity index (χ0v) is 33.6. The molecule has 0 bridgehead atoms. The van der Waals surface area contributed by atoms with Crippen molar-refractivity contribution >= 4 is 47.4 Å². The second-order valence-electron chi connectivity index (χ2n) is 11.2. The van der Waals surface area contributed by atoms with E-state index in [0.717, 1.165) is 17.7 Å². The number of benzene rings is 3. The number of carbonyl (C=O) groups is 3. The van der Waals surface area contributed by atoms with E-state index in [1.807, 2.05) is 0 Å². The summed E-state index contributed by atoms with van der Waals surface area (Å²) < 4.78 is 87.2. The summed E-state index contributed by atoms with van der Waals surface area (Å²) in [5.74, 6) is 6.37. The lowest BCUT2D eigenvalue weighted by atomic mass is 10.1. The summed E-state index contributed by atoms with van der Waals surface area (Å²) in [6.45, 7) is 12.5. The minimum absolute atomic E-state index is 0. The lowest BCUT2D eigenvalue weighted by Crippen LogP contribution is -2.14. The molecular weight excluding hydrogens is 812 g/mol. The molecule has 0 aliphatic rings. The van der Waals surface area contributed by atoms with E-state index in [4.69, 9.17) is 39.3 Å². The molecule has 0 aliphatic heterocycles. The van der Waals surface area contributed by atoms with E-state index in [9.17, 15) is 39.6 Å². The first-order valence-corrected chi connectivity index (χ1v) is 18.5. The Labute approximate surface area is 342 Å². The van der Waals surface area contributed by atoms with Crippen molar-refractivity contribution in [2.24, 2.45) is 0 Å². The van der Waals surface area contributed by atoms with E-state index in [2.05, 4.69) is 21.9 Å². The minimum atomic E-state index is -5.67. The van der Waals surface area contributed by atoms with Gasteiger partial charge in [-0.3, -0.25) is 0 Å². The van der Waals surface area contributed by atoms with Crippen molar-refractivity contribution in [3.8, 4) is 35.7 Å². The number of esters is 3. The molecule has 0 saturated heterocycles. The van der Waals surface area contributed by atoms with Gasteiger partial charge in [0.1, 0.15) is 22.7 Å². The summed E-state index contributed by atoms with van der Waals surface area (Å²) >= 11 is 0. The fraction of sp³-hybridized carbons (Fsp3) is 0.342. The van der Waals surface area contributed by atoms with Crippen LogP contribution < -0.4 is 4.18 Å². The van der Waals surface area contributed by atoms with Gasteiger partial charge in [-0.05, 0) is 121 Å². The number of carbonyl (C=O) groups excluding carboxylic acids is 3. The standard InChI is InChI=1S/C14H16O3.C9H9FO5S.C9H10O3.C5H8O.CH4.B.F2O2S.H2/c1-4-17-13(15)12-7-5-11(6-8-12)9-10-14(2,3)16;1-2-14-9(11)7-3-5-8(6-4-7)15-16(10,12)13;1-2-12-9(11)7-3-5-8(10)6-4-7;1-4-5(2,3)6;;;1-5(2,3)4;/h5-8,16H,4H2,1-3H3;3-6H,2H2,1H3;3-6,10H,2H2,1H3;1,6H,2-3H3;1H4;;;1H/i;;;;;;;1+1. The third-order valence-electron chi connectivity index (χ3n) is 5.20. The van der Waals surface area contributed by atoms with Crippen LogP contribution in [-0.2, 0) is 35.3 Å². The second kappa shape index (κ2) is 28.8. The van der Waals surface area contributed by atoms with E-state index in [1.54, 1.807) is 72.7 Å². The van der Waals surface area contributed by atoms with Crippen molar-refractivity contribution in [3.63, 3.8) is 0 Å². The number of terminal acetylenes is 1. The van der Waals surface area contributed by atoms with E-state index in [-0.39, 0.29) is 52.9 Å². The van der Waals surface area contributed by atoms with Crippen LogP contribution in [0.5, 0.6) is 11.5 Å². The number of ether oxygens (including phenoxy) is 3. The fourth-order valence-electron chi connectivity index (χ4n) is 2.92. The maximum Gasteiger partial charge on any atom is 0.488 e. The summed E-state index contributed by atoms with van der Waals surface area (Å²) in [7, 11) is -10.7. The van der Waals surface area contributed by atoms with Crippen molar-refractivity contribution in [1.82, 2.24) is 0 Å². The van der Waals surface area contributed by atoms with Crippen molar-refractivity contribution in [2.75, 3.05) is 19.8 Å². The van der Waals surface area contributed by atoms with E-state index in [1.165, 1.54) is 36.4 Å². The second-order valence-corrected chi connectivity index (χ2v) is 12.9. The Hall–Kier alpha value is -5.54. The van der Waals surface area contributed by atoms with E-state index in [0.29, 0.717) is 24.3 Å². The van der Waals surface area contributed by atoms with Crippen LogP contribution in [0.15, 0.2) is 72.8 Å². The van der Waals surface area contributed by atoms with Crippen molar-refractivity contribution < 1.29 is 78.0 Å². The Morgan fingerprint density at radius 1 is 0.672 bits per heavy atom. The van der Waals surface area contributed by atoms with Gasteiger partial charge in [0.2, 0.25) is 0 Å². The van der Waals surface area contributed by atoms with Crippen LogP contribution in [0.4, 0.5) is 11.7 Å². The molecule has 14 nitrogen and oxygen atoms in total. The molecule has 20 heteroatoms. The average Bonchev–Trinajstić information content (AvgIpc) is 3.07. The van der Waals surface area contributed by atoms with Gasteiger partial charge < -0.3 is 33.7 Å². The molecule has 321 valence electrons. The third-order valence-corrected chi connectivity index (χ3v) is 5.59. The maximum atomic E-state index is 12.1. The van der Waals surface area contributed by atoms with Crippen LogP contribution in [0.2, 0.25) is 0 Å². The molecule has 0 aromatic heterocycles. The molecule has 0 amide bonds. The third kappa shape index (κ3) is 34.9. The minimum Gasteiger partial charge on any atom is -0.508 e. The SMILES string of the molecule is C.C#CC(C)(C)O.CCOC(=O)c1ccc(C#CC(C)(C)O)cc1.CCOC(=O)c1ccc(O)cc1.CCOC(=O)c1ccc(OS(=O)(=O)F)cc1.O=S(=O)(F)F.[2HH].[B]. The molecule has 0 heterocycles. The summed E-state index contributed by atoms with van der Waals surface area (Å²) in [6.07, 6.45) is 4.81. The summed E-state index contributed by atoms with van der Waals surface area (Å²) in [6, 6.07) is 17.6. The van der Waals surface area contributed by atoms with Crippen LogP contribution in [0.3, 0.4) is 0 Å². The molecule has 0 spiro atoms. The van der Waals surface area contributed by atoms with E-state index < -0.39 is 38.3 Å². The molecule has 0 fully saturated rings. The van der Waals surface area contributed by atoms with Crippen LogP contribution in [-0.4, -0.2) is 89.5 Å². The lowest BCUT2D eigenvalue weighted by Gasteiger charge is -2.06. The molecule has 3 N–H and O–H groups in total. The van der Waals surface area contributed by atoms with Gasteiger partial charge in [0.05, 0.1) is 36.5 Å². The number of phenols is 1. The molecule has 0 unspecified atom stereocenters. The van der Waals surface area contributed by atoms with Crippen molar-refractivity contribution in [2.45, 2.75) is 67.1 Å². The first kappa shape index (κ1) is 59.2. The molecule has 3 radical (unpaired) electrons. The predicted octanol–water partition coefficient (Wildman–Crippen LogP) is 6.07. The number of phenolic OH excluding ortho intramolecular Hbond substituents is 1. The first-order valence-electron chi connectivity index (χ1n) is 15.9. The normalized spacial score (nSPS) is 10.1. The highest BCUT2D eigenvalue weighted by Crippen LogP contribution is 2.15. The van der Waals surface area contributed by atoms with Crippen LogP contribution in [0.25, 0.3) is 0 Å². The molecule has 3 rings (SSSR count). The maximum absolute atomic E-state index is 12.1. The highest BCUT2D eigenvalue weighted by Gasteiger charge is 2.12. The van der Waals surface area contributed by atoms with Gasteiger partial charge in [-0.1, -0.05) is 36.8 Å². The molecule has 0 aliphatic carbocycles. The zero-order chi connectivity index (χ0) is 43.8. The number of aliphatic hydroxyl groups is 2. The Morgan fingerprint density at radius 3 is 1.22 bits per heavy atom. The summed E-state index contributed by atoms with van der Waals surface area (Å²) in [5, 5.41) is 27.0. The Morgan fingerprint density at radius 2 is 0.966 bits per heavy atom. The van der Waals surface area contributed by atoms with Gasteiger partial charge in [-0.2, -0.15) is 16.8 Å². The Kier molecular flexibility index (Phi) is 29.4. The largest absolute Gasteiger partial charge is 0.508 e. The van der Waals surface area contributed by atoms with Gasteiger partial charge in [-0.25, -0.2) is 14.4 Å². The fourth-order valence-corrected chi connectivity index (χ4v) is 3.26. The zero-order valence-electron chi connectivity index (χ0n) is 32.0. The molecule has 0 saturated carbocycles. The number of halogens is 3. The highest BCUT2D eigenvalue weighted by atomic mass is 32.3. The van der Waals surface area contributed by atoms with Crippen LogP contribution in [0, 0.1) is 24.2 Å². The van der Waals surface area contributed by atoms with Crippen LogP contribution >= 0.6 is 0 Å². The summed E-state index contributed by atoms with van der Waals surface area (Å²) in [5.41, 5.74) is -0.0132. The number of rotatable bonds is 8. The molecular formula is C38H49BF3O14S2. The van der Waals surface area contributed by atoms with Gasteiger partial charge in [0.15, 0.2) is 0 Å². The molecule has 3 aromatic carbocycles. The van der Waals surface area contributed by atoms with E-state index >= 15 is 0 Å². The monoisotopic (exact) mass is 862 g/mol. The highest BCUT2D eigenvalue weighted by molar-refractivity contribution is 7.81. The van der Waals surface area contributed by atoms with Gasteiger partial charge in [-0.15, -0.1) is 6.42 Å². The van der Waals surface area contributed by atoms with Gasteiger partial charge in [0.25, 0.3) is 0 Å². The van der Waals surface area contributed by atoms with Crippen molar-refractivity contribution in [3.05, 3.63) is 95.1 Å². The van der Waals surface area contributed by atoms with Gasteiger partial charge in [0, 0.05) is 15.4 Å². The number of hydrogen-bond donors (Lipinski definition) is 3. The molecule has 58 heavy (non-hydrogen) atoms. The summed E-state index contributed by atoms with van der Waals surface area (Å²) in [4.78, 5) is 33.6.